The number of methoxy groups -OCH3 is 1. The van der Waals surface area contributed by atoms with Crippen LogP contribution in [0.25, 0.3) is 0 Å². The van der Waals surface area contributed by atoms with E-state index in [9.17, 15) is 9.90 Å². The number of carbonyl (C=O) groups is 1. The number of aliphatic hydroxyl groups excluding tert-OH is 1. The summed E-state index contributed by atoms with van der Waals surface area (Å²) in [6.45, 7) is 7.45. The lowest BCUT2D eigenvalue weighted by atomic mass is 10.00. The normalized spacial score (nSPS) is 17.2. The number of hydrogen-bond donors (Lipinski definition) is 2. The molecule has 0 aromatic carbocycles. The van der Waals surface area contributed by atoms with Crippen molar-refractivity contribution in [2.45, 2.75) is 51.7 Å². The fourth-order valence-electron chi connectivity index (χ4n) is 1.31. The summed E-state index contributed by atoms with van der Waals surface area (Å²) < 4.78 is 15.2. The molecule has 0 aliphatic carbocycles. The first kappa shape index (κ1) is 17.5. The lowest BCUT2D eigenvalue weighted by molar-refractivity contribution is -0.197. The van der Waals surface area contributed by atoms with E-state index in [1.165, 1.54) is 7.11 Å². The minimum atomic E-state index is -1.23. The summed E-state index contributed by atoms with van der Waals surface area (Å²) in [5, 5.41) is 12.5. The van der Waals surface area contributed by atoms with Crippen LogP contribution in [0, 0.1) is 0 Å². The molecule has 2 unspecified atom stereocenters. The highest BCUT2D eigenvalue weighted by Crippen LogP contribution is 2.13. The van der Waals surface area contributed by atoms with Crippen molar-refractivity contribution in [1.29, 1.82) is 0 Å². The van der Waals surface area contributed by atoms with Crippen molar-refractivity contribution in [2.24, 2.45) is 0 Å². The molecule has 0 bridgehead atoms. The number of rotatable bonds is 9. The quantitative estimate of drug-likeness (QED) is 0.361. The van der Waals surface area contributed by atoms with Crippen molar-refractivity contribution in [3.63, 3.8) is 0 Å². The van der Waals surface area contributed by atoms with Gasteiger partial charge in [0.1, 0.15) is 18.6 Å². The van der Waals surface area contributed by atoms with E-state index in [1.807, 2.05) is 27.7 Å². The number of aliphatic hydroxyl groups is 1. The molecule has 0 saturated heterocycles. The summed E-state index contributed by atoms with van der Waals surface area (Å²) in [7, 11) is 1.50. The highest BCUT2D eigenvalue weighted by atomic mass is 16.7. The second kappa shape index (κ2) is 7.81. The molecule has 0 aromatic rings. The summed E-state index contributed by atoms with van der Waals surface area (Å²) in [4.78, 5) is 11.2. The predicted octanol–water partition coefficient (Wildman–Crippen LogP) is 0.635. The van der Waals surface area contributed by atoms with Gasteiger partial charge < -0.3 is 24.1 Å². The SMILES string of the molecule is CCC(C=O)(COCOC)NC(O)OC(C)(C)C. The molecule has 0 aromatic heterocycles. The third-order valence-electron chi connectivity index (χ3n) is 2.29. The maximum absolute atomic E-state index is 11.2. The molecule has 0 aliphatic heterocycles. The largest absolute Gasteiger partial charge is 0.359 e. The van der Waals surface area contributed by atoms with Gasteiger partial charge in [0.15, 0.2) is 0 Å². The monoisotopic (exact) mass is 263 g/mol. The van der Waals surface area contributed by atoms with Crippen LogP contribution in [0.4, 0.5) is 0 Å². The van der Waals surface area contributed by atoms with Crippen LogP contribution < -0.4 is 5.32 Å². The second-order valence-corrected chi connectivity index (χ2v) is 5.11. The van der Waals surface area contributed by atoms with Gasteiger partial charge in [-0.05, 0) is 27.2 Å². The third kappa shape index (κ3) is 7.03. The van der Waals surface area contributed by atoms with Crippen LogP contribution in [-0.4, -0.2) is 49.5 Å². The van der Waals surface area contributed by atoms with Crippen LogP contribution in [0.5, 0.6) is 0 Å². The average Bonchev–Trinajstić information content (AvgIpc) is 2.25. The van der Waals surface area contributed by atoms with Gasteiger partial charge in [-0.15, -0.1) is 0 Å². The van der Waals surface area contributed by atoms with Gasteiger partial charge in [-0.1, -0.05) is 6.92 Å². The van der Waals surface area contributed by atoms with Crippen molar-refractivity contribution in [1.82, 2.24) is 5.32 Å². The van der Waals surface area contributed by atoms with Gasteiger partial charge in [0.25, 0.3) is 0 Å². The Bertz CT molecular complexity index is 241. The van der Waals surface area contributed by atoms with Gasteiger partial charge in [-0.3, -0.25) is 5.32 Å². The molecule has 0 aliphatic rings. The van der Waals surface area contributed by atoms with Crippen LogP contribution in [0.1, 0.15) is 34.1 Å². The minimum absolute atomic E-state index is 0.0908. The van der Waals surface area contributed by atoms with E-state index in [0.717, 1.165) is 6.29 Å². The minimum Gasteiger partial charge on any atom is -0.359 e. The van der Waals surface area contributed by atoms with E-state index in [0.29, 0.717) is 6.42 Å². The predicted molar refractivity (Wildman–Crippen MR) is 66.9 cm³/mol. The van der Waals surface area contributed by atoms with Gasteiger partial charge in [0, 0.05) is 7.11 Å². The molecular weight excluding hydrogens is 238 g/mol. The fourth-order valence-corrected chi connectivity index (χ4v) is 1.31. The Balaban J connectivity index is 4.45. The van der Waals surface area contributed by atoms with Gasteiger partial charge in [-0.2, -0.15) is 0 Å². The summed E-state index contributed by atoms with van der Waals surface area (Å²) in [6.07, 6.45) is -0.0517. The standard InChI is InChI=1S/C12H25NO5/c1-6-12(7-14,8-17-9-16-5)13-10(15)18-11(2,3)4/h7,10,13,15H,6,8-9H2,1-5H3. The maximum Gasteiger partial charge on any atom is 0.214 e. The summed E-state index contributed by atoms with van der Waals surface area (Å²) in [5.41, 5.74) is -1.49. The lowest BCUT2D eigenvalue weighted by Gasteiger charge is -2.33. The second-order valence-electron chi connectivity index (χ2n) is 5.11. The van der Waals surface area contributed by atoms with E-state index in [1.54, 1.807) is 0 Å². The first-order valence-electron chi connectivity index (χ1n) is 5.95. The zero-order valence-corrected chi connectivity index (χ0v) is 11.9. The number of nitrogens with one attached hydrogen (secondary N) is 1. The summed E-state index contributed by atoms with van der Waals surface area (Å²) in [6, 6.07) is 0. The molecule has 0 radical (unpaired) electrons. The molecule has 0 amide bonds. The Labute approximate surface area is 109 Å². The molecular formula is C12H25NO5. The molecule has 6 heteroatoms. The smallest absolute Gasteiger partial charge is 0.214 e. The maximum atomic E-state index is 11.2. The molecule has 0 saturated carbocycles. The number of hydrogen-bond acceptors (Lipinski definition) is 6. The van der Waals surface area contributed by atoms with Crippen molar-refractivity contribution in [2.75, 3.05) is 20.5 Å². The Kier molecular flexibility index (Phi) is 7.58. The first-order valence-corrected chi connectivity index (χ1v) is 5.95. The Hall–Kier alpha value is -0.530. The lowest BCUT2D eigenvalue weighted by Crippen LogP contribution is -2.56. The van der Waals surface area contributed by atoms with E-state index in [4.69, 9.17) is 14.2 Å². The van der Waals surface area contributed by atoms with Gasteiger partial charge in [0.05, 0.1) is 12.2 Å². The molecule has 6 nitrogen and oxygen atoms in total. The summed E-state index contributed by atoms with van der Waals surface area (Å²) >= 11 is 0. The number of ether oxygens (including phenoxy) is 3. The highest BCUT2D eigenvalue weighted by Gasteiger charge is 2.32. The zero-order chi connectivity index (χ0) is 14.2. The van der Waals surface area contributed by atoms with E-state index in [-0.39, 0.29) is 13.4 Å². The van der Waals surface area contributed by atoms with Gasteiger partial charge in [-0.25, -0.2) is 0 Å². The van der Waals surface area contributed by atoms with Crippen molar-refractivity contribution < 1.29 is 24.1 Å². The van der Waals surface area contributed by atoms with Crippen molar-refractivity contribution >= 4 is 6.29 Å². The number of carbonyl (C=O) groups excluding carboxylic acids is 1. The molecule has 2 atom stereocenters. The van der Waals surface area contributed by atoms with Gasteiger partial charge in [0.2, 0.25) is 6.41 Å². The van der Waals surface area contributed by atoms with E-state index in [2.05, 4.69) is 5.32 Å². The molecule has 0 fully saturated rings. The van der Waals surface area contributed by atoms with Crippen molar-refractivity contribution in [3.8, 4) is 0 Å². The fraction of sp³-hybridized carbons (Fsp3) is 0.917. The van der Waals surface area contributed by atoms with Crippen LogP contribution in [0.3, 0.4) is 0 Å². The Morgan fingerprint density at radius 1 is 1.39 bits per heavy atom. The zero-order valence-electron chi connectivity index (χ0n) is 11.9. The van der Waals surface area contributed by atoms with Crippen molar-refractivity contribution in [3.05, 3.63) is 0 Å². The van der Waals surface area contributed by atoms with Crippen LogP contribution in [-0.2, 0) is 19.0 Å². The molecule has 18 heavy (non-hydrogen) atoms. The molecule has 2 N–H and O–H groups in total. The molecule has 0 spiro atoms. The molecule has 0 heterocycles. The Morgan fingerprint density at radius 3 is 2.39 bits per heavy atom. The first-order chi connectivity index (χ1) is 8.28. The molecule has 0 rings (SSSR count). The topological polar surface area (TPSA) is 77.0 Å². The van der Waals surface area contributed by atoms with Crippen LogP contribution in [0.15, 0.2) is 0 Å². The van der Waals surface area contributed by atoms with Gasteiger partial charge >= 0.3 is 0 Å². The number of aldehydes is 1. The third-order valence-corrected chi connectivity index (χ3v) is 2.29. The van der Waals surface area contributed by atoms with Crippen LogP contribution in [0.2, 0.25) is 0 Å². The Morgan fingerprint density at radius 2 is 2.00 bits per heavy atom. The summed E-state index contributed by atoms with van der Waals surface area (Å²) in [5.74, 6) is 0. The average molecular weight is 263 g/mol. The van der Waals surface area contributed by atoms with E-state index >= 15 is 0 Å². The van der Waals surface area contributed by atoms with Crippen LogP contribution >= 0.6 is 0 Å². The van der Waals surface area contributed by atoms with E-state index < -0.39 is 17.6 Å². The molecule has 108 valence electrons. The highest BCUT2D eigenvalue weighted by molar-refractivity contribution is 5.64.